The smallest absolute Gasteiger partial charge is 0.243 e. The van der Waals surface area contributed by atoms with Crippen LogP contribution in [0.5, 0.6) is 11.5 Å². The zero-order valence-electron chi connectivity index (χ0n) is 18.0. The lowest BCUT2D eigenvalue weighted by Crippen LogP contribution is -2.46. The Balaban J connectivity index is 1.46. The molecule has 32 heavy (non-hydrogen) atoms. The zero-order chi connectivity index (χ0) is 22.7. The third kappa shape index (κ3) is 4.73. The van der Waals surface area contributed by atoms with E-state index in [2.05, 4.69) is 0 Å². The van der Waals surface area contributed by atoms with Gasteiger partial charge in [0.1, 0.15) is 19.0 Å². The summed E-state index contributed by atoms with van der Waals surface area (Å²) in [6.45, 7) is 4.31. The van der Waals surface area contributed by atoms with E-state index in [1.807, 2.05) is 25.1 Å². The maximum atomic E-state index is 13.3. The van der Waals surface area contributed by atoms with Crippen molar-refractivity contribution in [1.29, 1.82) is 0 Å². The Kier molecular flexibility index (Phi) is 6.66. The molecule has 1 amide bonds. The molecule has 1 unspecified atom stereocenters. The van der Waals surface area contributed by atoms with Crippen LogP contribution < -0.4 is 9.47 Å². The highest BCUT2D eigenvalue weighted by Crippen LogP contribution is 2.31. The van der Waals surface area contributed by atoms with Crippen molar-refractivity contribution in [2.45, 2.75) is 31.2 Å². The molecule has 2 aliphatic rings. The summed E-state index contributed by atoms with van der Waals surface area (Å²) < 4.78 is 51.7. The first kappa shape index (κ1) is 22.5. The lowest BCUT2D eigenvalue weighted by molar-refractivity contribution is -0.137. The first-order valence-corrected chi connectivity index (χ1v) is 12.3. The molecule has 0 aliphatic carbocycles. The van der Waals surface area contributed by atoms with Gasteiger partial charge in [-0.25, -0.2) is 12.8 Å². The topological polar surface area (TPSA) is 76.2 Å². The molecule has 7 nitrogen and oxygen atoms in total. The van der Waals surface area contributed by atoms with Gasteiger partial charge in [-0.1, -0.05) is 6.07 Å². The second-order valence-electron chi connectivity index (χ2n) is 7.99. The molecule has 0 spiro atoms. The summed E-state index contributed by atoms with van der Waals surface area (Å²) in [6, 6.07) is 10.4. The molecular formula is C23H27FN2O5S. The van der Waals surface area contributed by atoms with Crippen LogP contribution in [0.15, 0.2) is 47.4 Å². The van der Waals surface area contributed by atoms with E-state index in [1.165, 1.54) is 16.4 Å². The number of halogens is 1. The summed E-state index contributed by atoms with van der Waals surface area (Å²) in [4.78, 5) is 15.1. The van der Waals surface area contributed by atoms with Gasteiger partial charge >= 0.3 is 0 Å². The average molecular weight is 463 g/mol. The molecule has 2 aliphatic heterocycles. The third-order valence-corrected chi connectivity index (χ3v) is 7.74. The van der Waals surface area contributed by atoms with Gasteiger partial charge in [-0.3, -0.25) is 4.79 Å². The quantitative estimate of drug-likeness (QED) is 0.660. The van der Waals surface area contributed by atoms with E-state index in [1.54, 1.807) is 4.90 Å². The largest absolute Gasteiger partial charge is 0.486 e. The first-order valence-electron chi connectivity index (χ1n) is 10.8. The third-order valence-electron chi connectivity index (χ3n) is 5.86. The van der Waals surface area contributed by atoms with Crippen molar-refractivity contribution in [3.05, 3.63) is 53.8 Å². The maximum absolute atomic E-state index is 13.3. The monoisotopic (exact) mass is 462 g/mol. The Labute approximate surface area is 187 Å². The lowest BCUT2D eigenvalue weighted by Gasteiger charge is -2.34. The molecule has 0 radical (unpaired) electrons. The molecule has 0 bridgehead atoms. The van der Waals surface area contributed by atoms with Crippen LogP contribution in [0.3, 0.4) is 0 Å². The molecule has 0 saturated carbocycles. The Morgan fingerprint density at radius 1 is 1.12 bits per heavy atom. The number of carbonyl (C=O) groups excluding carboxylic acids is 1. The van der Waals surface area contributed by atoms with Crippen LogP contribution in [0.1, 0.15) is 25.3 Å². The minimum Gasteiger partial charge on any atom is -0.486 e. The van der Waals surface area contributed by atoms with Crippen LogP contribution >= 0.6 is 0 Å². The number of hydrogen-bond donors (Lipinski definition) is 0. The molecule has 2 aromatic carbocycles. The minimum absolute atomic E-state index is 0.0376. The number of carbonyl (C=O) groups is 1. The summed E-state index contributed by atoms with van der Waals surface area (Å²) in [5.41, 5.74) is 0.927. The number of rotatable bonds is 6. The predicted molar refractivity (Wildman–Crippen MR) is 116 cm³/mol. The van der Waals surface area contributed by atoms with Gasteiger partial charge in [0.05, 0.1) is 10.8 Å². The van der Waals surface area contributed by atoms with Crippen LogP contribution in [-0.4, -0.2) is 56.4 Å². The average Bonchev–Trinajstić information content (AvgIpc) is 2.82. The van der Waals surface area contributed by atoms with Gasteiger partial charge in [-0.15, -0.1) is 0 Å². The van der Waals surface area contributed by atoms with Crippen molar-refractivity contribution < 1.29 is 27.1 Å². The van der Waals surface area contributed by atoms with E-state index in [-0.39, 0.29) is 17.3 Å². The fraction of sp³-hybridized carbons (Fsp3) is 0.435. The second-order valence-corrected chi connectivity index (χ2v) is 9.92. The second kappa shape index (κ2) is 9.46. The number of hydrogen-bond acceptors (Lipinski definition) is 5. The van der Waals surface area contributed by atoms with Gasteiger partial charge in [0, 0.05) is 26.2 Å². The van der Waals surface area contributed by atoms with Crippen LogP contribution in [0.25, 0.3) is 0 Å². The number of benzene rings is 2. The standard InChI is InChI=1S/C23H27FN2O5S/c1-2-25(15-17-5-10-21-22(14-17)31-13-12-30-21)23(27)18-4-3-11-26(16-18)32(28,29)20-8-6-19(24)7-9-20/h5-10,14,18H,2-4,11-13,15-16H2,1H3. The molecule has 1 saturated heterocycles. The Morgan fingerprint density at radius 3 is 2.56 bits per heavy atom. The molecule has 172 valence electrons. The molecule has 4 rings (SSSR count). The summed E-state index contributed by atoms with van der Waals surface area (Å²) in [6.07, 6.45) is 1.23. The Morgan fingerprint density at radius 2 is 1.84 bits per heavy atom. The number of fused-ring (bicyclic) bond motifs is 1. The molecule has 0 N–H and O–H groups in total. The van der Waals surface area contributed by atoms with Crippen molar-refractivity contribution in [2.75, 3.05) is 32.8 Å². The van der Waals surface area contributed by atoms with E-state index in [4.69, 9.17) is 9.47 Å². The number of ether oxygens (including phenoxy) is 2. The van der Waals surface area contributed by atoms with Crippen molar-refractivity contribution >= 4 is 15.9 Å². The number of sulfonamides is 1. The normalized spacial score (nSPS) is 18.9. The SMILES string of the molecule is CCN(Cc1ccc2c(c1)OCCO2)C(=O)C1CCCN(S(=O)(=O)c2ccc(F)cc2)C1. The minimum atomic E-state index is -3.78. The molecule has 1 fully saturated rings. The summed E-state index contributed by atoms with van der Waals surface area (Å²) in [5.74, 6) is 0.390. The van der Waals surface area contributed by atoms with Gasteiger partial charge < -0.3 is 14.4 Å². The van der Waals surface area contributed by atoms with E-state index >= 15 is 0 Å². The van der Waals surface area contributed by atoms with Gasteiger partial charge in [-0.2, -0.15) is 4.31 Å². The van der Waals surface area contributed by atoms with Crippen LogP contribution in [-0.2, 0) is 21.4 Å². The fourth-order valence-corrected chi connectivity index (χ4v) is 5.65. The van der Waals surface area contributed by atoms with E-state index in [0.29, 0.717) is 57.2 Å². The Bertz CT molecular complexity index is 1070. The highest BCUT2D eigenvalue weighted by atomic mass is 32.2. The van der Waals surface area contributed by atoms with Crippen molar-refractivity contribution in [1.82, 2.24) is 9.21 Å². The molecular weight excluding hydrogens is 435 g/mol. The summed E-state index contributed by atoms with van der Waals surface area (Å²) >= 11 is 0. The van der Waals surface area contributed by atoms with Crippen LogP contribution in [0, 0.1) is 11.7 Å². The van der Waals surface area contributed by atoms with Crippen molar-refractivity contribution in [3.63, 3.8) is 0 Å². The summed E-state index contributed by atoms with van der Waals surface area (Å²) in [7, 11) is -3.78. The lowest BCUT2D eigenvalue weighted by atomic mass is 9.97. The molecule has 1 atom stereocenters. The van der Waals surface area contributed by atoms with Crippen molar-refractivity contribution in [3.8, 4) is 11.5 Å². The highest BCUT2D eigenvalue weighted by Gasteiger charge is 2.35. The highest BCUT2D eigenvalue weighted by molar-refractivity contribution is 7.89. The predicted octanol–water partition coefficient (Wildman–Crippen LogP) is 3.05. The molecule has 2 aromatic rings. The van der Waals surface area contributed by atoms with Gasteiger partial charge in [0.2, 0.25) is 15.9 Å². The maximum Gasteiger partial charge on any atom is 0.243 e. The first-order chi connectivity index (χ1) is 15.4. The summed E-state index contributed by atoms with van der Waals surface area (Å²) in [5, 5.41) is 0. The zero-order valence-corrected chi connectivity index (χ0v) is 18.8. The van der Waals surface area contributed by atoms with Gasteiger partial charge in [0.25, 0.3) is 0 Å². The van der Waals surface area contributed by atoms with Crippen molar-refractivity contribution in [2.24, 2.45) is 5.92 Å². The van der Waals surface area contributed by atoms with Gasteiger partial charge in [-0.05, 0) is 61.7 Å². The van der Waals surface area contributed by atoms with E-state index in [9.17, 15) is 17.6 Å². The number of amides is 1. The van der Waals surface area contributed by atoms with Crippen LogP contribution in [0.4, 0.5) is 4.39 Å². The van der Waals surface area contributed by atoms with Gasteiger partial charge in [0.15, 0.2) is 11.5 Å². The molecule has 0 aromatic heterocycles. The fourth-order valence-electron chi connectivity index (χ4n) is 4.13. The van der Waals surface area contributed by atoms with E-state index in [0.717, 1.165) is 17.7 Å². The van der Waals surface area contributed by atoms with E-state index < -0.39 is 21.8 Å². The Hall–Kier alpha value is -2.65. The molecule has 2 heterocycles. The van der Waals surface area contributed by atoms with Crippen LogP contribution in [0.2, 0.25) is 0 Å². The number of nitrogens with zero attached hydrogens (tertiary/aromatic N) is 2. The number of piperidine rings is 1. The molecule has 9 heteroatoms.